The predicted molar refractivity (Wildman–Crippen MR) is 129 cm³/mol. The van der Waals surface area contributed by atoms with Crippen molar-refractivity contribution in [2.45, 2.75) is 51.1 Å². The highest BCUT2D eigenvalue weighted by Crippen LogP contribution is 2.39. The third-order valence-corrected chi connectivity index (χ3v) is 6.66. The van der Waals surface area contributed by atoms with E-state index in [9.17, 15) is 0 Å². The van der Waals surface area contributed by atoms with Crippen molar-refractivity contribution in [3.63, 3.8) is 0 Å². The zero-order valence-electron chi connectivity index (χ0n) is 18.3. The summed E-state index contributed by atoms with van der Waals surface area (Å²) in [5, 5.41) is 6.85. The third-order valence-electron chi connectivity index (χ3n) is 6.66. The molecule has 6 heteroatoms. The van der Waals surface area contributed by atoms with Crippen molar-refractivity contribution in [3.8, 4) is 0 Å². The molecule has 5 rings (SSSR count). The lowest BCUT2D eigenvalue weighted by Gasteiger charge is -2.45. The Balaban J connectivity index is 1.42. The van der Waals surface area contributed by atoms with Gasteiger partial charge >= 0.3 is 0 Å². The summed E-state index contributed by atoms with van der Waals surface area (Å²) in [6, 6.07) is 15.7. The number of nitrogens with one attached hydrogen (secondary N) is 1. The van der Waals surface area contributed by atoms with E-state index >= 15 is 0 Å². The van der Waals surface area contributed by atoms with Crippen LogP contribution < -0.4 is 15.2 Å². The van der Waals surface area contributed by atoms with E-state index in [1.54, 1.807) is 0 Å². The molecule has 0 amide bonds. The molecule has 1 aliphatic carbocycles. The van der Waals surface area contributed by atoms with Crippen molar-refractivity contribution in [3.05, 3.63) is 54.2 Å². The Kier molecular flexibility index (Phi) is 5.45. The number of nitrogens with zero attached hydrogens (tertiary/aromatic N) is 5. The van der Waals surface area contributed by atoms with Crippen LogP contribution in [-0.4, -0.2) is 41.9 Å². The Morgan fingerprint density at radius 1 is 1.13 bits per heavy atom. The summed E-state index contributed by atoms with van der Waals surface area (Å²) in [6.45, 7) is 3.30. The van der Waals surface area contributed by atoms with Crippen LogP contribution in [0.25, 0.3) is 10.8 Å². The van der Waals surface area contributed by atoms with Gasteiger partial charge in [-0.3, -0.25) is 0 Å². The minimum Gasteiger partial charge on any atom is -0.368 e. The fourth-order valence-corrected chi connectivity index (χ4v) is 5.06. The van der Waals surface area contributed by atoms with Gasteiger partial charge in [0.25, 0.3) is 0 Å². The van der Waals surface area contributed by atoms with Crippen molar-refractivity contribution in [2.75, 3.05) is 28.8 Å². The largest absolute Gasteiger partial charge is 0.368 e. The minimum absolute atomic E-state index is 0.488. The fourth-order valence-electron chi connectivity index (χ4n) is 5.06. The van der Waals surface area contributed by atoms with E-state index < -0.39 is 0 Å². The first-order valence-electron chi connectivity index (χ1n) is 11.4. The first-order chi connectivity index (χ1) is 15.2. The van der Waals surface area contributed by atoms with Gasteiger partial charge in [-0.2, -0.15) is 10.1 Å². The highest BCUT2D eigenvalue weighted by atomic mass is 15.4. The van der Waals surface area contributed by atoms with Crippen LogP contribution in [0.3, 0.4) is 0 Å². The molecule has 1 unspecified atom stereocenters. The number of aromatic nitrogens is 2. The molecule has 6 nitrogen and oxygen atoms in total. The molecular weight excluding hydrogens is 384 g/mol. The Morgan fingerprint density at radius 3 is 2.77 bits per heavy atom. The van der Waals surface area contributed by atoms with Crippen LogP contribution in [0.1, 0.15) is 44.6 Å². The molecule has 1 saturated carbocycles. The quantitative estimate of drug-likeness (QED) is 0.467. The molecule has 2 aromatic carbocycles. The summed E-state index contributed by atoms with van der Waals surface area (Å²) in [5.41, 5.74) is 5.25. The topological polar surface area (TPSA) is 56.7 Å². The zero-order valence-corrected chi connectivity index (χ0v) is 18.3. The summed E-state index contributed by atoms with van der Waals surface area (Å²) >= 11 is 0. The molecule has 2 aliphatic rings. The highest BCUT2D eigenvalue weighted by Gasteiger charge is 2.35. The van der Waals surface area contributed by atoms with Gasteiger partial charge in [-0.05, 0) is 30.0 Å². The first kappa shape index (κ1) is 19.8. The lowest BCUT2D eigenvalue weighted by atomic mass is 10.0. The second-order valence-corrected chi connectivity index (χ2v) is 8.63. The second kappa shape index (κ2) is 8.53. The van der Waals surface area contributed by atoms with Gasteiger partial charge in [0, 0.05) is 31.2 Å². The van der Waals surface area contributed by atoms with Crippen molar-refractivity contribution in [2.24, 2.45) is 5.10 Å². The Bertz CT molecular complexity index is 1080. The van der Waals surface area contributed by atoms with Crippen molar-refractivity contribution in [1.29, 1.82) is 0 Å². The van der Waals surface area contributed by atoms with Crippen molar-refractivity contribution >= 4 is 34.4 Å². The number of hydrogen-bond donors (Lipinski definition) is 1. The van der Waals surface area contributed by atoms with Crippen LogP contribution in [-0.2, 0) is 0 Å². The smallest absolute Gasteiger partial charge is 0.245 e. The molecule has 1 N–H and O–H groups in total. The molecule has 1 fully saturated rings. The van der Waals surface area contributed by atoms with Crippen LogP contribution >= 0.6 is 0 Å². The summed E-state index contributed by atoms with van der Waals surface area (Å²) < 4.78 is 0. The van der Waals surface area contributed by atoms with Gasteiger partial charge in [0.15, 0.2) is 5.82 Å². The van der Waals surface area contributed by atoms with E-state index in [0.717, 1.165) is 30.0 Å². The molecule has 0 radical (unpaired) electrons. The molecule has 0 saturated heterocycles. The van der Waals surface area contributed by atoms with Crippen molar-refractivity contribution in [1.82, 2.24) is 9.97 Å². The Morgan fingerprint density at radius 2 is 1.94 bits per heavy atom. The third kappa shape index (κ3) is 3.82. The SMILES string of the molecule is CCC1CN(C)c2cnc(N/N=C/c3cccc4ccccc34)nc2N1C1CCCC1. The Hall–Kier alpha value is -3.15. The van der Waals surface area contributed by atoms with Crippen LogP contribution in [0.5, 0.6) is 0 Å². The molecule has 0 bridgehead atoms. The van der Waals surface area contributed by atoms with Crippen LogP contribution in [0.4, 0.5) is 17.5 Å². The maximum atomic E-state index is 4.93. The monoisotopic (exact) mass is 414 g/mol. The summed E-state index contributed by atoms with van der Waals surface area (Å²) in [5.74, 6) is 1.59. The molecule has 31 heavy (non-hydrogen) atoms. The average Bonchev–Trinajstić information content (AvgIpc) is 3.33. The number of anilines is 3. The van der Waals surface area contributed by atoms with Gasteiger partial charge in [0.1, 0.15) is 0 Å². The number of benzene rings is 2. The van der Waals surface area contributed by atoms with Crippen LogP contribution in [0.15, 0.2) is 53.8 Å². The lowest BCUT2D eigenvalue weighted by Crippen LogP contribution is -2.52. The molecule has 1 aliphatic heterocycles. The Labute approximate surface area is 184 Å². The average molecular weight is 415 g/mol. The lowest BCUT2D eigenvalue weighted by molar-refractivity contribution is 0.476. The minimum atomic E-state index is 0.488. The maximum absolute atomic E-state index is 4.93. The van der Waals surface area contributed by atoms with Gasteiger partial charge in [0.2, 0.25) is 5.95 Å². The predicted octanol–water partition coefficient (Wildman–Crippen LogP) is 5.05. The standard InChI is InChI=1S/C25H30N6/c1-3-20-17-30(2)23-16-26-25(28-24(23)31(20)21-12-5-6-13-21)29-27-15-19-11-8-10-18-9-4-7-14-22(18)19/h4,7-11,14-16,20-21H,3,5-6,12-13,17H2,1-2H3,(H,26,28,29)/b27-15+. The van der Waals surface area contributed by atoms with Crippen LogP contribution in [0.2, 0.25) is 0 Å². The number of fused-ring (bicyclic) bond motifs is 2. The van der Waals surface area contributed by atoms with E-state index in [-0.39, 0.29) is 0 Å². The van der Waals surface area contributed by atoms with E-state index in [1.807, 2.05) is 12.4 Å². The van der Waals surface area contributed by atoms with Gasteiger partial charge in [-0.25, -0.2) is 10.4 Å². The van der Waals surface area contributed by atoms with Crippen LogP contribution in [0, 0.1) is 0 Å². The highest BCUT2D eigenvalue weighted by molar-refractivity contribution is 5.99. The molecule has 1 atom stereocenters. The summed E-state index contributed by atoms with van der Waals surface area (Å²) in [6.07, 6.45) is 10.0. The fraction of sp³-hybridized carbons (Fsp3) is 0.400. The molecular formula is C25H30N6. The molecule has 3 aromatic rings. The van der Waals surface area contributed by atoms with E-state index in [4.69, 9.17) is 4.98 Å². The summed E-state index contributed by atoms with van der Waals surface area (Å²) in [7, 11) is 2.14. The molecule has 1 aromatic heterocycles. The van der Waals surface area contributed by atoms with Gasteiger partial charge in [-0.1, -0.05) is 62.2 Å². The zero-order chi connectivity index (χ0) is 21.2. The number of likely N-dealkylation sites (N-methyl/N-ethyl adjacent to an activating group) is 1. The normalized spacial score (nSPS) is 19.4. The molecule has 2 heterocycles. The van der Waals surface area contributed by atoms with Gasteiger partial charge < -0.3 is 9.80 Å². The number of rotatable bonds is 5. The van der Waals surface area contributed by atoms with Gasteiger partial charge in [0.05, 0.1) is 18.1 Å². The van der Waals surface area contributed by atoms with E-state index in [2.05, 4.69) is 81.7 Å². The maximum Gasteiger partial charge on any atom is 0.245 e. The first-order valence-corrected chi connectivity index (χ1v) is 11.4. The molecule has 0 spiro atoms. The molecule has 160 valence electrons. The summed E-state index contributed by atoms with van der Waals surface area (Å²) in [4.78, 5) is 14.3. The van der Waals surface area contributed by atoms with Gasteiger partial charge in [-0.15, -0.1) is 0 Å². The van der Waals surface area contributed by atoms with E-state index in [0.29, 0.717) is 18.0 Å². The number of hydrazone groups is 1. The second-order valence-electron chi connectivity index (χ2n) is 8.63. The van der Waals surface area contributed by atoms with Crippen molar-refractivity contribution < 1.29 is 0 Å². The number of hydrogen-bond acceptors (Lipinski definition) is 6. The van der Waals surface area contributed by atoms with E-state index in [1.165, 1.54) is 36.5 Å².